The van der Waals surface area contributed by atoms with Crippen molar-refractivity contribution in [3.8, 4) is 0 Å². The summed E-state index contributed by atoms with van der Waals surface area (Å²) in [5, 5.41) is 21.1. The fourth-order valence-corrected chi connectivity index (χ4v) is 5.90. The maximum atomic E-state index is 11.1. The van der Waals surface area contributed by atoms with E-state index >= 15 is 0 Å². The minimum absolute atomic E-state index is 0.142. The molecule has 0 aromatic rings. The number of carbonyl (C=O) groups is 1. The van der Waals surface area contributed by atoms with Crippen molar-refractivity contribution >= 4 is 5.91 Å². The average Bonchev–Trinajstić information content (AvgIpc) is 2.78. The van der Waals surface area contributed by atoms with Gasteiger partial charge in [-0.3, -0.25) is 4.79 Å². The molecular weight excluding hydrogens is 438 g/mol. The third kappa shape index (κ3) is 7.77. The van der Waals surface area contributed by atoms with Gasteiger partial charge in [0.05, 0.1) is 17.3 Å². The van der Waals surface area contributed by atoms with Crippen LogP contribution in [0.3, 0.4) is 0 Å². The Morgan fingerprint density at radius 3 is 2.60 bits per heavy atom. The molecule has 4 N–H and O–H groups in total. The number of allylic oxidation sites excluding steroid dienone is 1. The minimum Gasteiger partial charge on any atom is -0.390 e. The normalized spacial score (nSPS) is 29.9. The Kier molecular flexibility index (Phi) is 10.4. The molecule has 0 saturated carbocycles. The Balaban J connectivity index is 1.79. The zero-order chi connectivity index (χ0) is 26.4. The number of aliphatic hydroxyl groups is 2. The summed E-state index contributed by atoms with van der Waals surface area (Å²) in [6, 6.07) is 0. The highest BCUT2D eigenvalue weighted by Crippen LogP contribution is 2.50. The second kappa shape index (κ2) is 12.2. The van der Waals surface area contributed by atoms with Crippen LogP contribution in [0.1, 0.15) is 119 Å². The van der Waals surface area contributed by atoms with Crippen LogP contribution in [-0.2, 0) is 9.53 Å². The number of rotatable bonds is 13. The third-order valence-electron chi connectivity index (χ3n) is 8.70. The van der Waals surface area contributed by atoms with Crippen LogP contribution >= 0.6 is 0 Å². The van der Waals surface area contributed by atoms with Crippen LogP contribution in [0.5, 0.6) is 0 Å². The van der Waals surface area contributed by atoms with E-state index in [2.05, 4.69) is 27.7 Å². The zero-order valence-corrected chi connectivity index (χ0v) is 23.4. The van der Waals surface area contributed by atoms with Crippen LogP contribution < -0.4 is 5.73 Å². The SMILES string of the molecule is CCC12OC(C)(CCCC(C)CCCC(C)(O)CC/C=C(\C)C(N)=O)CCC1=CC(O)C(C)=C2C. The number of amides is 1. The molecule has 35 heavy (non-hydrogen) atoms. The summed E-state index contributed by atoms with van der Waals surface area (Å²) in [6.45, 7) is 14.5. The molecule has 1 fully saturated rings. The van der Waals surface area contributed by atoms with Gasteiger partial charge in [0.2, 0.25) is 5.91 Å². The smallest absolute Gasteiger partial charge is 0.244 e. The van der Waals surface area contributed by atoms with Gasteiger partial charge in [-0.15, -0.1) is 0 Å². The molecule has 5 heteroatoms. The molecule has 1 saturated heterocycles. The highest BCUT2D eigenvalue weighted by Gasteiger charge is 2.48. The first-order valence-corrected chi connectivity index (χ1v) is 13.7. The quantitative estimate of drug-likeness (QED) is 0.210. The topological polar surface area (TPSA) is 92.8 Å². The lowest BCUT2D eigenvalue weighted by Gasteiger charge is -2.51. The van der Waals surface area contributed by atoms with E-state index in [4.69, 9.17) is 10.5 Å². The zero-order valence-electron chi connectivity index (χ0n) is 23.4. The van der Waals surface area contributed by atoms with Crippen LogP contribution in [0.4, 0.5) is 0 Å². The maximum Gasteiger partial charge on any atom is 0.244 e. The highest BCUT2D eigenvalue weighted by atomic mass is 16.5. The van der Waals surface area contributed by atoms with Crippen molar-refractivity contribution in [1.29, 1.82) is 0 Å². The largest absolute Gasteiger partial charge is 0.390 e. The van der Waals surface area contributed by atoms with E-state index in [1.807, 2.05) is 26.0 Å². The summed E-state index contributed by atoms with van der Waals surface area (Å²) in [4.78, 5) is 11.1. The van der Waals surface area contributed by atoms with Gasteiger partial charge in [0.15, 0.2) is 0 Å². The van der Waals surface area contributed by atoms with Crippen molar-refractivity contribution in [2.75, 3.05) is 0 Å². The molecule has 2 aliphatic rings. The fourth-order valence-electron chi connectivity index (χ4n) is 5.90. The summed E-state index contributed by atoms with van der Waals surface area (Å²) in [7, 11) is 0. The van der Waals surface area contributed by atoms with E-state index in [-0.39, 0.29) is 11.2 Å². The van der Waals surface area contributed by atoms with Crippen LogP contribution in [-0.4, -0.2) is 39.0 Å². The van der Waals surface area contributed by atoms with Crippen molar-refractivity contribution < 1.29 is 19.7 Å². The fraction of sp³-hybridized carbons (Fsp3) is 0.767. The molecule has 2 rings (SSSR count). The number of ether oxygens (including phenoxy) is 1. The molecule has 200 valence electrons. The Morgan fingerprint density at radius 2 is 1.97 bits per heavy atom. The van der Waals surface area contributed by atoms with E-state index in [0.29, 0.717) is 24.3 Å². The van der Waals surface area contributed by atoms with Gasteiger partial charge in [0, 0.05) is 5.57 Å². The monoisotopic (exact) mass is 489 g/mol. The molecule has 1 aliphatic heterocycles. The molecule has 0 spiro atoms. The van der Waals surface area contributed by atoms with Gasteiger partial charge >= 0.3 is 0 Å². The van der Waals surface area contributed by atoms with Crippen molar-refractivity contribution in [3.05, 3.63) is 34.4 Å². The summed E-state index contributed by atoms with van der Waals surface area (Å²) in [6.07, 6.45) is 13.8. The van der Waals surface area contributed by atoms with Gasteiger partial charge in [0.1, 0.15) is 5.60 Å². The summed E-state index contributed by atoms with van der Waals surface area (Å²) in [5.74, 6) is 0.214. The lowest BCUT2D eigenvalue weighted by Crippen LogP contribution is -2.51. The molecule has 0 aromatic carbocycles. The first-order chi connectivity index (χ1) is 16.3. The summed E-state index contributed by atoms with van der Waals surface area (Å²) < 4.78 is 6.92. The van der Waals surface area contributed by atoms with Crippen molar-refractivity contribution in [2.24, 2.45) is 11.7 Å². The Labute approximate surface area is 213 Å². The molecule has 0 radical (unpaired) electrons. The third-order valence-corrected chi connectivity index (χ3v) is 8.70. The Bertz CT molecular complexity index is 839. The lowest BCUT2D eigenvalue weighted by atomic mass is 9.70. The number of primary amides is 1. The van der Waals surface area contributed by atoms with Crippen molar-refractivity contribution in [2.45, 2.75) is 142 Å². The van der Waals surface area contributed by atoms with Crippen LogP contribution in [0, 0.1) is 5.92 Å². The van der Waals surface area contributed by atoms with Gasteiger partial charge in [0.25, 0.3) is 0 Å². The molecule has 1 heterocycles. The highest BCUT2D eigenvalue weighted by molar-refractivity contribution is 5.91. The lowest BCUT2D eigenvalue weighted by molar-refractivity contribution is -0.144. The van der Waals surface area contributed by atoms with E-state index in [9.17, 15) is 15.0 Å². The van der Waals surface area contributed by atoms with Crippen molar-refractivity contribution in [3.63, 3.8) is 0 Å². The van der Waals surface area contributed by atoms with Gasteiger partial charge in [-0.2, -0.15) is 0 Å². The van der Waals surface area contributed by atoms with Crippen molar-refractivity contribution in [1.82, 2.24) is 0 Å². The minimum atomic E-state index is -0.714. The Morgan fingerprint density at radius 1 is 1.31 bits per heavy atom. The first kappa shape index (κ1) is 29.8. The second-order valence-corrected chi connectivity index (χ2v) is 11.9. The predicted octanol–water partition coefficient (Wildman–Crippen LogP) is 6.28. The molecule has 1 aliphatic carbocycles. The molecule has 0 aromatic heterocycles. The number of hydrogen-bond donors (Lipinski definition) is 3. The summed E-state index contributed by atoms with van der Waals surface area (Å²) >= 11 is 0. The number of nitrogens with two attached hydrogens (primary N) is 1. The van der Waals surface area contributed by atoms with E-state index < -0.39 is 17.6 Å². The molecule has 5 atom stereocenters. The molecule has 0 bridgehead atoms. The van der Waals surface area contributed by atoms with Gasteiger partial charge < -0.3 is 20.7 Å². The molecular formula is C30H51NO4. The number of aliphatic hydroxyl groups excluding tert-OH is 1. The number of fused-ring (bicyclic) bond motifs is 1. The predicted molar refractivity (Wildman–Crippen MR) is 144 cm³/mol. The van der Waals surface area contributed by atoms with Gasteiger partial charge in [-0.1, -0.05) is 45.6 Å². The molecule has 5 unspecified atom stereocenters. The van der Waals surface area contributed by atoms with Crippen LogP contribution in [0.25, 0.3) is 0 Å². The first-order valence-electron chi connectivity index (χ1n) is 13.7. The standard InChI is InChI=1S/C30H51NO4/c1-8-30-24(5)23(4)26(32)20-25(30)15-19-29(7,35-30)18-10-13-21(2)12-9-16-28(6,34)17-11-14-22(3)27(31)33/h14,20-21,26,32,34H,8-13,15-19H2,1-7H3,(H2,31,33)/b22-14+. The van der Waals surface area contributed by atoms with Crippen LogP contribution in [0.15, 0.2) is 34.4 Å². The van der Waals surface area contributed by atoms with E-state index in [1.54, 1.807) is 6.92 Å². The molecule has 5 nitrogen and oxygen atoms in total. The maximum absolute atomic E-state index is 11.1. The number of hydrogen-bond acceptors (Lipinski definition) is 4. The second-order valence-electron chi connectivity index (χ2n) is 11.9. The van der Waals surface area contributed by atoms with Gasteiger partial charge in [-0.25, -0.2) is 0 Å². The van der Waals surface area contributed by atoms with E-state index in [1.165, 1.54) is 11.1 Å². The average molecular weight is 490 g/mol. The number of carbonyl (C=O) groups excluding carboxylic acids is 1. The Hall–Kier alpha value is -1.43. The van der Waals surface area contributed by atoms with E-state index in [0.717, 1.165) is 63.4 Å². The molecule has 1 amide bonds. The summed E-state index contributed by atoms with van der Waals surface area (Å²) in [5.41, 5.74) is 8.10. The van der Waals surface area contributed by atoms with Crippen LogP contribution in [0.2, 0.25) is 0 Å². The van der Waals surface area contributed by atoms with Gasteiger partial charge in [-0.05, 0) is 108 Å².